The number of thiophene rings is 1. The lowest BCUT2D eigenvalue weighted by atomic mass is 10.1. The molecule has 0 bridgehead atoms. The fourth-order valence-corrected chi connectivity index (χ4v) is 3.07. The normalized spacial score (nSPS) is 10.7. The molecule has 1 heterocycles. The molecule has 0 amide bonds. The van der Waals surface area contributed by atoms with Gasteiger partial charge in [0.15, 0.2) is 0 Å². The molecule has 0 spiro atoms. The number of rotatable bonds is 4. The van der Waals surface area contributed by atoms with Crippen molar-refractivity contribution in [2.45, 2.75) is 33.7 Å². The number of nitrogens with one attached hydrogen (secondary N) is 1. The predicted octanol–water partition coefficient (Wildman–Crippen LogP) is 5.30. The maximum Gasteiger partial charge on any atom is 0.0494 e. The molecule has 1 nitrogen and oxygen atoms in total. The van der Waals surface area contributed by atoms with E-state index in [0.717, 1.165) is 13.0 Å². The summed E-state index contributed by atoms with van der Waals surface area (Å²) < 4.78 is 1.21. The first-order valence-corrected chi connectivity index (χ1v) is 7.79. The molecule has 0 aliphatic carbocycles. The molecule has 18 heavy (non-hydrogen) atoms. The van der Waals surface area contributed by atoms with Crippen molar-refractivity contribution in [1.29, 1.82) is 0 Å². The highest BCUT2D eigenvalue weighted by Gasteiger charge is 2.03. The third kappa shape index (κ3) is 3.15. The predicted molar refractivity (Wildman–Crippen MR) is 84.6 cm³/mol. The number of aryl methyl sites for hydroxylation is 3. The molecule has 2 rings (SSSR count). The summed E-state index contributed by atoms with van der Waals surface area (Å²) in [7, 11) is 0. The number of hydrogen-bond donors (Lipinski definition) is 1. The van der Waals surface area contributed by atoms with E-state index in [2.05, 4.69) is 66.3 Å². The van der Waals surface area contributed by atoms with Gasteiger partial charge in [0.2, 0.25) is 0 Å². The summed E-state index contributed by atoms with van der Waals surface area (Å²) in [5, 5.41) is 3.50. The lowest BCUT2D eigenvalue weighted by Crippen LogP contribution is -1.98. The molecule has 0 aliphatic heterocycles. The molecule has 1 aromatic carbocycles. The Balaban J connectivity index is 2.06. The zero-order chi connectivity index (χ0) is 13.1. The molecule has 96 valence electrons. The van der Waals surface area contributed by atoms with E-state index in [9.17, 15) is 0 Å². The van der Waals surface area contributed by atoms with Crippen LogP contribution < -0.4 is 5.32 Å². The van der Waals surface area contributed by atoms with Crippen LogP contribution in [0, 0.1) is 13.8 Å². The number of hydrogen-bond acceptors (Lipinski definition) is 2. The Labute approximate surface area is 121 Å². The third-order valence-electron chi connectivity index (χ3n) is 2.97. The van der Waals surface area contributed by atoms with Crippen molar-refractivity contribution in [2.75, 3.05) is 5.32 Å². The summed E-state index contributed by atoms with van der Waals surface area (Å²) in [6.45, 7) is 7.36. The lowest BCUT2D eigenvalue weighted by molar-refractivity contribution is 1.18. The van der Waals surface area contributed by atoms with Gasteiger partial charge in [-0.05, 0) is 55.7 Å². The van der Waals surface area contributed by atoms with Gasteiger partial charge in [-0.25, -0.2) is 0 Å². The van der Waals surface area contributed by atoms with Crippen molar-refractivity contribution in [3.63, 3.8) is 0 Å². The minimum atomic E-state index is 0.908. The average molecular weight is 324 g/mol. The Kier molecular flexibility index (Phi) is 4.46. The molecule has 0 unspecified atom stereocenters. The van der Waals surface area contributed by atoms with Crippen LogP contribution >= 0.6 is 27.3 Å². The topological polar surface area (TPSA) is 12.0 Å². The van der Waals surface area contributed by atoms with Crippen LogP contribution in [0.3, 0.4) is 0 Å². The van der Waals surface area contributed by atoms with Gasteiger partial charge in [-0.2, -0.15) is 0 Å². The Bertz CT molecular complexity index is 522. The Morgan fingerprint density at radius 1 is 1.11 bits per heavy atom. The average Bonchev–Trinajstić information content (AvgIpc) is 2.81. The molecular formula is C15H18BrNS. The summed E-state index contributed by atoms with van der Waals surface area (Å²) in [5.41, 5.74) is 3.75. The van der Waals surface area contributed by atoms with Gasteiger partial charge in [-0.1, -0.05) is 22.9 Å². The van der Waals surface area contributed by atoms with Gasteiger partial charge in [0.1, 0.15) is 0 Å². The molecule has 0 fully saturated rings. The van der Waals surface area contributed by atoms with Crippen molar-refractivity contribution >= 4 is 33.0 Å². The first-order valence-electron chi connectivity index (χ1n) is 6.18. The standard InChI is InChI=1S/C15H18BrNS/c1-4-13-5-6-14(18-13)9-17-12-7-10(2)15(16)11(3)8-12/h5-8,17H,4,9H2,1-3H3. The zero-order valence-corrected chi connectivity index (χ0v) is 13.4. The molecule has 2 aromatic rings. The molecule has 0 radical (unpaired) electrons. The van der Waals surface area contributed by atoms with Crippen LogP contribution in [0.2, 0.25) is 0 Å². The van der Waals surface area contributed by atoms with E-state index >= 15 is 0 Å². The maximum absolute atomic E-state index is 3.60. The van der Waals surface area contributed by atoms with Crippen LogP contribution in [0.4, 0.5) is 5.69 Å². The third-order valence-corrected chi connectivity index (χ3v) is 5.45. The number of anilines is 1. The van der Waals surface area contributed by atoms with Crippen LogP contribution in [0.15, 0.2) is 28.7 Å². The van der Waals surface area contributed by atoms with E-state index in [0.29, 0.717) is 0 Å². The lowest BCUT2D eigenvalue weighted by Gasteiger charge is -2.09. The smallest absolute Gasteiger partial charge is 0.0494 e. The van der Waals surface area contributed by atoms with E-state index < -0.39 is 0 Å². The molecular weight excluding hydrogens is 306 g/mol. The fraction of sp³-hybridized carbons (Fsp3) is 0.333. The second-order valence-corrected chi connectivity index (χ2v) is 6.55. The Morgan fingerprint density at radius 3 is 2.28 bits per heavy atom. The van der Waals surface area contributed by atoms with Crippen LogP contribution in [-0.4, -0.2) is 0 Å². The molecule has 0 aliphatic rings. The minimum Gasteiger partial charge on any atom is -0.380 e. The summed E-state index contributed by atoms with van der Waals surface area (Å²) in [6.07, 6.45) is 1.13. The summed E-state index contributed by atoms with van der Waals surface area (Å²) >= 11 is 5.49. The fourth-order valence-electron chi connectivity index (χ4n) is 1.94. The highest BCUT2D eigenvalue weighted by Crippen LogP contribution is 2.26. The minimum absolute atomic E-state index is 0.908. The first kappa shape index (κ1) is 13.6. The number of halogens is 1. The SMILES string of the molecule is CCc1ccc(CNc2cc(C)c(Br)c(C)c2)s1. The van der Waals surface area contributed by atoms with Gasteiger partial charge >= 0.3 is 0 Å². The van der Waals surface area contributed by atoms with E-state index in [1.54, 1.807) is 0 Å². The van der Waals surface area contributed by atoms with Gasteiger partial charge in [-0.3, -0.25) is 0 Å². The van der Waals surface area contributed by atoms with Crippen molar-refractivity contribution < 1.29 is 0 Å². The monoisotopic (exact) mass is 323 g/mol. The second-order valence-electron chi connectivity index (χ2n) is 4.50. The van der Waals surface area contributed by atoms with Crippen LogP contribution in [0.5, 0.6) is 0 Å². The molecule has 0 saturated heterocycles. The van der Waals surface area contributed by atoms with E-state index in [-0.39, 0.29) is 0 Å². The van der Waals surface area contributed by atoms with Gasteiger partial charge in [0, 0.05) is 26.5 Å². The molecule has 0 atom stereocenters. The zero-order valence-electron chi connectivity index (χ0n) is 11.0. The molecule has 1 N–H and O–H groups in total. The molecule has 3 heteroatoms. The molecule has 0 saturated carbocycles. The highest BCUT2D eigenvalue weighted by atomic mass is 79.9. The largest absolute Gasteiger partial charge is 0.380 e. The molecule has 1 aromatic heterocycles. The summed E-state index contributed by atoms with van der Waals surface area (Å²) in [6, 6.07) is 8.81. The van der Waals surface area contributed by atoms with Crippen molar-refractivity contribution in [3.05, 3.63) is 49.6 Å². The van der Waals surface area contributed by atoms with E-state index in [4.69, 9.17) is 0 Å². The van der Waals surface area contributed by atoms with Crippen LogP contribution in [0.25, 0.3) is 0 Å². The highest BCUT2D eigenvalue weighted by molar-refractivity contribution is 9.10. The Hall–Kier alpha value is -0.800. The Morgan fingerprint density at radius 2 is 1.72 bits per heavy atom. The number of benzene rings is 1. The quantitative estimate of drug-likeness (QED) is 0.804. The van der Waals surface area contributed by atoms with Crippen molar-refractivity contribution in [3.8, 4) is 0 Å². The van der Waals surface area contributed by atoms with Crippen LogP contribution in [-0.2, 0) is 13.0 Å². The van der Waals surface area contributed by atoms with Gasteiger partial charge < -0.3 is 5.32 Å². The maximum atomic E-state index is 3.60. The van der Waals surface area contributed by atoms with Crippen molar-refractivity contribution in [1.82, 2.24) is 0 Å². The summed E-state index contributed by atoms with van der Waals surface area (Å²) in [5.74, 6) is 0. The van der Waals surface area contributed by atoms with Crippen molar-refractivity contribution in [2.24, 2.45) is 0 Å². The van der Waals surface area contributed by atoms with Gasteiger partial charge in [0.05, 0.1) is 0 Å². The second kappa shape index (κ2) is 5.89. The first-order chi connectivity index (χ1) is 8.60. The van der Waals surface area contributed by atoms with Gasteiger partial charge in [0.25, 0.3) is 0 Å². The summed E-state index contributed by atoms with van der Waals surface area (Å²) in [4.78, 5) is 2.85. The van der Waals surface area contributed by atoms with Crippen LogP contribution in [0.1, 0.15) is 27.8 Å². The van der Waals surface area contributed by atoms with Gasteiger partial charge in [-0.15, -0.1) is 11.3 Å². The van der Waals surface area contributed by atoms with E-state index in [1.165, 1.54) is 31.0 Å². The van der Waals surface area contributed by atoms with E-state index in [1.807, 2.05) is 11.3 Å².